The molecular formula is C15H20N6. The van der Waals surface area contributed by atoms with Crippen LogP contribution in [0.4, 0.5) is 0 Å². The van der Waals surface area contributed by atoms with Crippen molar-refractivity contribution in [3.05, 3.63) is 41.9 Å². The van der Waals surface area contributed by atoms with Crippen molar-refractivity contribution >= 4 is 10.9 Å². The number of fused-ring (bicyclic) bond motifs is 1. The number of nitrogens with zero attached hydrogens (tertiary/aromatic N) is 5. The molecule has 0 aliphatic heterocycles. The molecule has 2 aromatic heterocycles. The number of hydrogen-bond donors (Lipinski definition) is 1. The second-order valence-corrected chi connectivity index (χ2v) is 5.32. The first-order chi connectivity index (χ1) is 10.2. The van der Waals surface area contributed by atoms with Gasteiger partial charge < -0.3 is 5.73 Å². The van der Waals surface area contributed by atoms with E-state index in [0.29, 0.717) is 6.54 Å². The average molecular weight is 284 g/mol. The van der Waals surface area contributed by atoms with Crippen LogP contribution in [0.1, 0.15) is 37.2 Å². The molecule has 3 rings (SSSR count). The molecule has 110 valence electrons. The second kappa shape index (κ2) is 5.65. The highest BCUT2D eigenvalue weighted by Gasteiger charge is 2.12. The molecule has 1 atom stereocenters. The van der Waals surface area contributed by atoms with E-state index < -0.39 is 0 Å². The maximum Gasteiger partial charge on any atom is 0.0994 e. The van der Waals surface area contributed by atoms with Gasteiger partial charge in [0.2, 0.25) is 0 Å². The first-order valence-electron chi connectivity index (χ1n) is 7.25. The van der Waals surface area contributed by atoms with Gasteiger partial charge in [-0.2, -0.15) is 5.10 Å². The molecule has 2 heterocycles. The summed E-state index contributed by atoms with van der Waals surface area (Å²) < 4.78 is 3.70. The Bertz CT molecular complexity index is 742. The zero-order valence-electron chi connectivity index (χ0n) is 12.4. The average Bonchev–Trinajstić information content (AvgIpc) is 3.06. The molecule has 0 radical (unpaired) electrons. The molecule has 0 aliphatic rings. The van der Waals surface area contributed by atoms with Crippen LogP contribution in [0.15, 0.2) is 30.5 Å². The lowest BCUT2D eigenvalue weighted by Gasteiger charge is -2.04. The van der Waals surface area contributed by atoms with Crippen molar-refractivity contribution in [2.45, 2.75) is 32.4 Å². The minimum absolute atomic E-state index is 0.0378. The summed E-state index contributed by atoms with van der Waals surface area (Å²) in [4.78, 5) is 0. The molecule has 0 amide bonds. The van der Waals surface area contributed by atoms with Gasteiger partial charge in [-0.05, 0) is 12.5 Å². The maximum absolute atomic E-state index is 6.07. The number of benzene rings is 1. The van der Waals surface area contributed by atoms with E-state index in [0.717, 1.165) is 35.1 Å². The van der Waals surface area contributed by atoms with Gasteiger partial charge in [0.15, 0.2) is 0 Å². The number of para-hydroxylation sites is 1. The van der Waals surface area contributed by atoms with E-state index in [4.69, 9.17) is 5.73 Å². The van der Waals surface area contributed by atoms with Gasteiger partial charge in [0.1, 0.15) is 0 Å². The lowest BCUT2D eigenvalue weighted by Crippen LogP contribution is -2.10. The van der Waals surface area contributed by atoms with Crippen molar-refractivity contribution in [2.24, 2.45) is 12.8 Å². The predicted molar refractivity (Wildman–Crippen MR) is 81.7 cm³/mol. The highest BCUT2D eigenvalue weighted by molar-refractivity contribution is 5.81. The normalized spacial score (nSPS) is 12.9. The lowest BCUT2D eigenvalue weighted by molar-refractivity contribution is 0.614. The highest BCUT2D eigenvalue weighted by atomic mass is 15.4. The summed E-state index contributed by atoms with van der Waals surface area (Å²) in [6.07, 6.45) is 3.88. The van der Waals surface area contributed by atoms with Crippen LogP contribution in [-0.4, -0.2) is 24.8 Å². The number of rotatable bonds is 5. The fourth-order valence-electron chi connectivity index (χ4n) is 2.58. The predicted octanol–water partition coefficient (Wildman–Crippen LogP) is 2.01. The number of nitrogens with two attached hydrogens (primary N) is 1. The summed E-state index contributed by atoms with van der Waals surface area (Å²) in [6, 6.07) is 8.15. The smallest absolute Gasteiger partial charge is 0.0994 e. The fourth-order valence-corrected chi connectivity index (χ4v) is 2.58. The number of aromatic nitrogens is 5. The third kappa shape index (κ3) is 2.67. The van der Waals surface area contributed by atoms with Crippen LogP contribution in [0.5, 0.6) is 0 Å². The Kier molecular flexibility index (Phi) is 3.70. The minimum atomic E-state index is -0.0378. The van der Waals surface area contributed by atoms with E-state index in [9.17, 15) is 0 Å². The van der Waals surface area contributed by atoms with Crippen LogP contribution in [0.2, 0.25) is 0 Å². The molecule has 0 spiro atoms. The molecule has 1 unspecified atom stereocenters. The molecule has 1 aromatic carbocycles. The van der Waals surface area contributed by atoms with Crippen molar-refractivity contribution in [3.63, 3.8) is 0 Å². The van der Waals surface area contributed by atoms with Crippen molar-refractivity contribution in [1.82, 2.24) is 24.8 Å². The van der Waals surface area contributed by atoms with Crippen LogP contribution in [0, 0.1) is 0 Å². The van der Waals surface area contributed by atoms with Gasteiger partial charge >= 0.3 is 0 Å². The zero-order valence-corrected chi connectivity index (χ0v) is 12.4. The van der Waals surface area contributed by atoms with Crippen LogP contribution >= 0.6 is 0 Å². The van der Waals surface area contributed by atoms with Gasteiger partial charge in [-0.25, -0.2) is 4.68 Å². The summed E-state index contributed by atoms with van der Waals surface area (Å²) in [5, 5.41) is 14.1. The quantitative estimate of drug-likeness (QED) is 0.777. The van der Waals surface area contributed by atoms with Gasteiger partial charge in [0.25, 0.3) is 0 Å². The summed E-state index contributed by atoms with van der Waals surface area (Å²) in [5.41, 5.74) is 9.03. The monoisotopic (exact) mass is 284 g/mol. The Labute approximate surface area is 123 Å². The molecule has 0 fully saturated rings. The Hall–Kier alpha value is -2.21. The van der Waals surface area contributed by atoms with E-state index in [1.54, 1.807) is 4.68 Å². The van der Waals surface area contributed by atoms with Gasteiger partial charge in [0.05, 0.1) is 35.7 Å². The van der Waals surface area contributed by atoms with Crippen LogP contribution in [0.3, 0.4) is 0 Å². The molecule has 0 saturated heterocycles. The Morgan fingerprint density at radius 3 is 2.90 bits per heavy atom. The number of hydrogen-bond acceptors (Lipinski definition) is 4. The molecule has 21 heavy (non-hydrogen) atoms. The summed E-state index contributed by atoms with van der Waals surface area (Å²) in [5.74, 6) is 0. The first-order valence-corrected chi connectivity index (χ1v) is 7.25. The van der Waals surface area contributed by atoms with E-state index in [1.807, 2.05) is 30.1 Å². The third-order valence-corrected chi connectivity index (χ3v) is 3.68. The molecule has 0 saturated carbocycles. The third-order valence-electron chi connectivity index (χ3n) is 3.68. The maximum atomic E-state index is 6.07. The molecular weight excluding hydrogens is 264 g/mol. The second-order valence-electron chi connectivity index (χ2n) is 5.32. The summed E-state index contributed by atoms with van der Waals surface area (Å²) in [6.45, 7) is 2.72. The van der Waals surface area contributed by atoms with Crippen molar-refractivity contribution in [1.29, 1.82) is 0 Å². The van der Waals surface area contributed by atoms with Crippen molar-refractivity contribution in [3.8, 4) is 0 Å². The van der Waals surface area contributed by atoms with Crippen molar-refractivity contribution < 1.29 is 0 Å². The largest absolute Gasteiger partial charge is 0.323 e. The van der Waals surface area contributed by atoms with Gasteiger partial charge in [-0.3, -0.25) is 4.68 Å². The molecule has 3 aromatic rings. The molecule has 6 nitrogen and oxygen atoms in total. The molecule has 0 bridgehead atoms. The zero-order chi connectivity index (χ0) is 14.8. The summed E-state index contributed by atoms with van der Waals surface area (Å²) >= 11 is 0. The van der Waals surface area contributed by atoms with Gasteiger partial charge in [-0.1, -0.05) is 36.8 Å². The van der Waals surface area contributed by atoms with Crippen LogP contribution in [0.25, 0.3) is 10.9 Å². The van der Waals surface area contributed by atoms with E-state index in [2.05, 4.69) is 34.5 Å². The topological polar surface area (TPSA) is 74.6 Å². The van der Waals surface area contributed by atoms with Crippen molar-refractivity contribution in [2.75, 3.05) is 0 Å². The van der Waals surface area contributed by atoms with Gasteiger partial charge in [0, 0.05) is 12.4 Å². The van der Waals surface area contributed by atoms with Gasteiger partial charge in [-0.15, -0.1) is 5.10 Å². The standard InChI is InChI=1S/C15H20N6/c1-3-6-12(16)14-10-21(19-17-14)9-13-11-7-4-5-8-15(11)20(2)18-13/h4-5,7-8,10,12H,3,6,9,16H2,1-2H3. The molecule has 0 aliphatic carbocycles. The lowest BCUT2D eigenvalue weighted by atomic mass is 10.1. The van der Waals surface area contributed by atoms with E-state index in [1.165, 1.54) is 0 Å². The first kappa shape index (κ1) is 13.8. The fraction of sp³-hybridized carbons (Fsp3) is 0.400. The Morgan fingerprint density at radius 2 is 2.10 bits per heavy atom. The van der Waals surface area contributed by atoms with E-state index in [-0.39, 0.29) is 6.04 Å². The SMILES string of the molecule is CCCC(N)c1cn(Cc2nn(C)c3ccccc23)nn1. The minimum Gasteiger partial charge on any atom is -0.323 e. The Morgan fingerprint density at radius 1 is 1.29 bits per heavy atom. The Balaban J connectivity index is 1.86. The molecule has 6 heteroatoms. The van der Waals surface area contributed by atoms with Crippen LogP contribution < -0.4 is 5.73 Å². The molecule has 2 N–H and O–H groups in total. The number of aryl methyl sites for hydroxylation is 1. The highest BCUT2D eigenvalue weighted by Crippen LogP contribution is 2.18. The van der Waals surface area contributed by atoms with E-state index >= 15 is 0 Å². The summed E-state index contributed by atoms with van der Waals surface area (Å²) in [7, 11) is 1.95. The van der Waals surface area contributed by atoms with Crippen LogP contribution in [-0.2, 0) is 13.6 Å².